The molecule has 0 radical (unpaired) electrons. The van der Waals surface area contributed by atoms with E-state index in [2.05, 4.69) is 41.0 Å². The zero-order valence-corrected chi connectivity index (χ0v) is 19.5. The van der Waals surface area contributed by atoms with Gasteiger partial charge in [-0.05, 0) is 38.3 Å². The number of rotatable bonds is 11. The minimum Gasteiger partial charge on any atom is -0.466 e. The summed E-state index contributed by atoms with van der Waals surface area (Å²) in [4.78, 5) is 16.5. The van der Waals surface area contributed by atoms with Gasteiger partial charge in [0.2, 0.25) is 0 Å². The van der Waals surface area contributed by atoms with E-state index in [9.17, 15) is 4.79 Å². The van der Waals surface area contributed by atoms with Crippen LogP contribution in [0.15, 0.2) is 91.0 Å². The third kappa shape index (κ3) is 5.73. The second-order valence-electron chi connectivity index (χ2n) is 7.96. The largest absolute Gasteiger partial charge is 0.466 e. The summed E-state index contributed by atoms with van der Waals surface area (Å²) in [6, 6.07) is 31.2. The van der Waals surface area contributed by atoms with E-state index in [0.29, 0.717) is 25.6 Å². The van der Waals surface area contributed by atoms with Gasteiger partial charge in [0.15, 0.2) is 0 Å². The number of imidazole rings is 1. The molecule has 4 rings (SSSR count). The molecule has 34 heavy (non-hydrogen) atoms. The predicted octanol–water partition coefficient (Wildman–Crippen LogP) is 6.71. The molecule has 4 aromatic rings. The Balaban J connectivity index is 1.63. The van der Waals surface area contributed by atoms with Crippen molar-refractivity contribution in [3.8, 4) is 34.2 Å². The maximum absolute atomic E-state index is 11.5. The molecule has 0 unspecified atom stereocenters. The number of aromatic nitrogens is 2. The smallest absolute Gasteiger partial charge is 0.305 e. The first-order chi connectivity index (χ1) is 16.8. The topological polar surface area (TPSA) is 53.4 Å². The molecule has 0 N–H and O–H groups in total. The van der Waals surface area contributed by atoms with Crippen molar-refractivity contribution in [2.45, 2.75) is 32.6 Å². The Morgan fingerprint density at radius 3 is 2.06 bits per heavy atom. The average Bonchev–Trinajstić information content (AvgIpc) is 3.27. The molecule has 0 spiro atoms. The lowest BCUT2D eigenvalue weighted by atomic mass is 10.0. The standard InChI is InChI=1S/C29H30N2O3/c1-2-33-26(32)21-13-6-14-22-34-29-30-27(23-15-7-3-8-16-23)28(24-17-9-4-10-18-24)31(29)25-19-11-5-12-20-25/h3-5,7-12,15-20H,2,6,13-14,21-22H2,1H3. The lowest BCUT2D eigenvalue weighted by Crippen LogP contribution is -2.06. The molecule has 0 aliphatic heterocycles. The van der Waals surface area contributed by atoms with Crippen molar-refractivity contribution >= 4 is 5.97 Å². The quantitative estimate of drug-likeness (QED) is 0.187. The van der Waals surface area contributed by atoms with Crippen LogP contribution in [0.2, 0.25) is 0 Å². The molecule has 0 aliphatic carbocycles. The summed E-state index contributed by atoms with van der Waals surface area (Å²) >= 11 is 0. The number of esters is 1. The minimum atomic E-state index is -0.136. The number of benzene rings is 3. The Hall–Kier alpha value is -3.86. The molecule has 1 heterocycles. The summed E-state index contributed by atoms with van der Waals surface area (Å²) in [6.07, 6.45) is 2.97. The second kappa shape index (κ2) is 11.8. The molecule has 0 bridgehead atoms. The molecular weight excluding hydrogens is 424 g/mol. The summed E-state index contributed by atoms with van der Waals surface area (Å²) in [5.41, 5.74) is 4.98. The van der Waals surface area contributed by atoms with Crippen LogP contribution in [0.1, 0.15) is 32.6 Å². The van der Waals surface area contributed by atoms with Crippen LogP contribution in [0.5, 0.6) is 6.01 Å². The van der Waals surface area contributed by atoms with Crippen molar-refractivity contribution in [3.63, 3.8) is 0 Å². The molecule has 0 amide bonds. The van der Waals surface area contributed by atoms with Crippen molar-refractivity contribution in [2.24, 2.45) is 0 Å². The van der Waals surface area contributed by atoms with Gasteiger partial charge in [-0.25, -0.2) is 0 Å². The Kier molecular flexibility index (Phi) is 8.12. The van der Waals surface area contributed by atoms with Crippen LogP contribution in [0.25, 0.3) is 28.2 Å². The Morgan fingerprint density at radius 2 is 1.41 bits per heavy atom. The highest BCUT2D eigenvalue weighted by Crippen LogP contribution is 2.37. The lowest BCUT2D eigenvalue weighted by Gasteiger charge is -2.13. The van der Waals surface area contributed by atoms with Crippen molar-refractivity contribution in [1.29, 1.82) is 0 Å². The van der Waals surface area contributed by atoms with Gasteiger partial charge in [0.05, 0.1) is 24.6 Å². The summed E-state index contributed by atoms with van der Waals surface area (Å²) < 4.78 is 13.3. The molecule has 5 nitrogen and oxygen atoms in total. The average molecular weight is 455 g/mol. The van der Waals surface area contributed by atoms with Crippen molar-refractivity contribution in [2.75, 3.05) is 13.2 Å². The van der Waals surface area contributed by atoms with Gasteiger partial charge in [0.25, 0.3) is 0 Å². The SMILES string of the molecule is CCOC(=O)CCCCCOc1nc(-c2ccccc2)c(-c2ccccc2)n1-c1ccccc1. The van der Waals surface area contributed by atoms with Gasteiger partial charge >= 0.3 is 12.0 Å². The number of hydrogen-bond acceptors (Lipinski definition) is 4. The number of hydrogen-bond donors (Lipinski definition) is 0. The normalized spacial score (nSPS) is 10.7. The van der Waals surface area contributed by atoms with E-state index >= 15 is 0 Å². The number of unbranched alkanes of at least 4 members (excludes halogenated alkanes) is 2. The molecule has 0 saturated heterocycles. The van der Waals surface area contributed by atoms with Crippen LogP contribution in [-0.2, 0) is 9.53 Å². The highest BCUT2D eigenvalue weighted by molar-refractivity contribution is 5.81. The fraction of sp³-hybridized carbons (Fsp3) is 0.241. The van der Waals surface area contributed by atoms with E-state index in [1.54, 1.807) is 0 Å². The first kappa shape index (κ1) is 23.3. The third-order valence-electron chi connectivity index (χ3n) is 5.52. The first-order valence-electron chi connectivity index (χ1n) is 11.9. The molecule has 3 aromatic carbocycles. The summed E-state index contributed by atoms with van der Waals surface area (Å²) in [7, 11) is 0. The van der Waals surface area contributed by atoms with Crippen LogP contribution in [0.3, 0.4) is 0 Å². The molecule has 0 fully saturated rings. The van der Waals surface area contributed by atoms with Crippen molar-refractivity contribution in [3.05, 3.63) is 91.0 Å². The maximum Gasteiger partial charge on any atom is 0.305 e. The number of nitrogens with zero attached hydrogens (tertiary/aromatic N) is 2. The van der Waals surface area contributed by atoms with Crippen LogP contribution < -0.4 is 4.74 Å². The van der Waals surface area contributed by atoms with Gasteiger partial charge < -0.3 is 9.47 Å². The fourth-order valence-electron chi connectivity index (χ4n) is 3.92. The summed E-state index contributed by atoms with van der Waals surface area (Å²) in [5.74, 6) is -0.136. The zero-order chi connectivity index (χ0) is 23.6. The van der Waals surface area contributed by atoms with E-state index in [-0.39, 0.29) is 5.97 Å². The van der Waals surface area contributed by atoms with E-state index in [4.69, 9.17) is 14.5 Å². The van der Waals surface area contributed by atoms with Crippen LogP contribution in [-0.4, -0.2) is 28.7 Å². The zero-order valence-electron chi connectivity index (χ0n) is 19.5. The Morgan fingerprint density at radius 1 is 0.794 bits per heavy atom. The summed E-state index contributed by atoms with van der Waals surface area (Å²) in [5, 5.41) is 0. The van der Waals surface area contributed by atoms with E-state index in [0.717, 1.165) is 47.5 Å². The Labute approximate surface area is 201 Å². The summed E-state index contributed by atoms with van der Waals surface area (Å²) in [6.45, 7) is 2.78. The fourth-order valence-corrected chi connectivity index (χ4v) is 3.92. The maximum atomic E-state index is 11.5. The van der Waals surface area contributed by atoms with Gasteiger partial charge in [0.1, 0.15) is 5.69 Å². The lowest BCUT2D eigenvalue weighted by molar-refractivity contribution is -0.143. The van der Waals surface area contributed by atoms with Gasteiger partial charge in [0, 0.05) is 17.5 Å². The predicted molar refractivity (Wildman–Crippen MR) is 135 cm³/mol. The molecule has 174 valence electrons. The number of para-hydroxylation sites is 1. The van der Waals surface area contributed by atoms with Crippen LogP contribution in [0.4, 0.5) is 0 Å². The van der Waals surface area contributed by atoms with E-state index in [1.807, 2.05) is 61.5 Å². The van der Waals surface area contributed by atoms with Gasteiger partial charge in [-0.15, -0.1) is 0 Å². The second-order valence-corrected chi connectivity index (χ2v) is 7.96. The number of carbonyl (C=O) groups is 1. The third-order valence-corrected chi connectivity index (χ3v) is 5.52. The number of carbonyl (C=O) groups excluding carboxylic acids is 1. The highest BCUT2D eigenvalue weighted by atomic mass is 16.5. The molecule has 0 aliphatic rings. The monoisotopic (exact) mass is 454 g/mol. The van der Waals surface area contributed by atoms with Crippen LogP contribution >= 0.6 is 0 Å². The minimum absolute atomic E-state index is 0.136. The molecular formula is C29H30N2O3. The number of ether oxygens (including phenoxy) is 2. The van der Waals surface area contributed by atoms with Gasteiger partial charge in [-0.1, -0.05) is 78.9 Å². The van der Waals surface area contributed by atoms with Gasteiger partial charge in [-0.2, -0.15) is 4.98 Å². The molecule has 0 atom stereocenters. The van der Waals surface area contributed by atoms with Crippen molar-refractivity contribution < 1.29 is 14.3 Å². The van der Waals surface area contributed by atoms with E-state index in [1.165, 1.54) is 0 Å². The van der Waals surface area contributed by atoms with Crippen molar-refractivity contribution in [1.82, 2.24) is 9.55 Å². The molecule has 5 heteroatoms. The molecule has 0 saturated carbocycles. The molecule has 1 aromatic heterocycles. The van der Waals surface area contributed by atoms with Crippen LogP contribution in [0, 0.1) is 0 Å². The van der Waals surface area contributed by atoms with Gasteiger partial charge in [-0.3, -0.25) is 9.36 Å². The first-order valence-corrected chi connectivity index (χ1v) is 11.9. The Bertz CT molecular complexity index is 1170. The highest BCUT2D eigenvalue weighted by Gasteiger charge is 2.22. The van der Waals surface area contributed by atoms with E-state index < -0.39 is 0 Å².